The highest BCUT2D eigenvalue weighted by atomic mass is 32.1. The van der Waals surface area contributed by atoms with E-state index in [0.717, 1.165) is 37.4 Å². The molecule has 0 unspecified atom stereocenters. The van der Waals surface area contributed by atoms with Gasteiger partial charge in [0.05, 0.1) is 12.1 Å². The van der Waals surface area contributed by atoms with Crippen LogP contribution < -0.4 is 9.80 Å². The number of hydrogen-bond acceptors (Lipinski definition) is 6. The summed E-state index contributed by atoms with van der Waals surface area (Å²) < 4.78 is 0. The fourth-order valence-electron chi connectivity index (χ4n) is 3.50. The van der Waals surface area contributed by atoms with Gasteiger partial charge in [0.1, 0.15) is 5.75 Å². The minimum atomic E-state index is 0.0740. The Labute approximate surface area is 161 Å². The first kappa shape index (κ1) is 17.8. The zero-order chi connectivity index (χ0) is 18.8. The van der Waals surface area contributed by atoms with E-state index in [9.17, 15) is 14.7 Å². The number of nitrogens with zero attached hydrogens (tertiary/aromatic N) is 4. The summed E-state index contributed by atoms with van der Waals surface area (Å²) in [5.74, 6) is 0.448. The number of phenols is 1. The maximum atomic E-state index is 12.6. The number of hydrogen-bond donors (Lipinski definition) is 1. The van der Waals surface area contributed by atoms with Crippen LogP contribution in [0.15, 0.2) is 29.6 Å². The van der Waals surface area contributed by atoms with Crippen LogP contribution in [0.2, 0.25) is 0 Å². The SMILES string of the molecule is O=C(Cc1csc(N2CCCC2=O)n1)N1CCN(c2ccc(O)cc2)CC1. The predicted octanol–water partition coefficient (Wildman–Crippen LogP) is 1.87. The van der Waals surface area contributed by atoms with Gasteiger partial charge in [-0.05, 0) is 30.7 Å². The first-order chi connectivity index (χ1) is 13.1. The Morgan fingerprint density at radius 2 is 1.85 bits per heavy atom. The van der Waals surface area contributed by atoms with Gasteiger partial charge in [0.2, 0.25) is 11.8 Å². The minimum Gasteiger partial charge on any atom is -0.508 e. The Morgan fingerprint density at radius 3 is 2.52 bits per heavy atom. The van der Waals surface area contributed by atoms with Crippen molar-refractivity contribution in [3.8, 4) is 5.75 Å². The minimum absolute atomic E-state index is 0.0740. The number of benzene rings is 1. The average molecular weight is 386 g/mol. The molecule has 2 aromatic rings. The first-order valence-corrected chi connectivity index (χ1v) is 10.0. The summed E-state index contributed by atoms with van der Waals surface area (Å²) >= 11 is 1.43. The van der Waals surface area contributed by atoms with E-state index in [4.69, 9.17) is 0 Å². The predicted molar refractivity (Wildman–Crippen MR) is 104 cm³/mol. The van der Waals surface area contributed by atoms with E-state index in [1.165, 1.54) is 11.3 Å². The van der Waals surface area contributed by atoms with Crippen LogP contribution in [0.5, 0.6) is 5.75 Å². The van der Waals surface area contributed by atoms with Crippen molar-refractivity contribution in [2.75, 3.05) is 42.5 Å². The third-order valence-corrected chi connectivity index (χ3v) is 5.94. The van der Waals surface area contributed by atoms with Gasteiger partial charge in [-0.15, -0.1) is 11.3 Å². The molecule has 1 N–H and O–H groups in total. The van der Waals surface area contributed by atoms with Crippen molar-refractivity contribution in [2.45, 2.75) is 19.3 Å². The number of anilines is 2. The summed E-state index contributed by atoms with van der Waals surface area (Å²) in [6, 6.07) is 7.14. The Hall–Kier alpha value is -2.61. The fourth-order valence-corrected chi connectivity index (χ4v) is 4.36. The van der Waals surface area contributed by atoms with Gasteiger partial charge < -0.3 is 14.9 Å². The average Bonchev–Trinajstić information content (AvgIpc) is 3.31. The molecule has 0 radical (unpaired) electrons. The number of aromatic hydroxyl groups is 1. The maximum absolute atomic E-state index is 12.6. The molecule has 0 atom stereocenters. The van der Waals surface area contributed by atoms with Gasteiger partial charge in [-0.2, -0.15) is 0 Å². The Bertz CT molecular complexity index is 828. The van der Waals surface area contributed by atoms with Crippen LogP contribution in [0, 0.1) is 0 Å². The maximum Gasteiger partial charge on any atom is 0.228 e. The third-order valence-electron chi connectivity index (χ3n) is 5.02. The first-order valence-electron chi connectivity index (χ1n) is 9.17. The largest absolute Gasteiger partial charge is 0.508 e. The summed E-state index contributed by atoms with van der Waals surface area (Å²) in [5, 5.41) is 12.0. The summed E-state index contributed by atoms with van der Waals surface area (Å²) in [4.78, 5) is 34.7. The van der Waals surface area contributed by atoms with Crippen molar-refractivity contribution in [1.29, 1.82) is 0 Å². The van der Waals surface area contributed by atoms with Gasteiger partial charge >= 0.3 is 0 Å². The van der Waals surface area contributed by atoms with Crippen molar-refractivity contribution in [3.05, 3.63) is 35.3 Å². The van der Waals surface area contributed by atoms with Gasteiger partial charge in [-0.25, -0.2) is 4.98 Å². The molecule has 2 aliphatic rings. The molecule has 8 heteroatoms. The topological polar surface area (TPSA) is 77.0 Å². The van der Waals surface area contributed by atoms with Crippen LogP contribution in [0.1, 0.15) is 18.5 Å². The number of carbonyl (C=O) groups is 2. The normalized spacial score (nSPS) is 17.6. The highest BCUT2D eigenvalue weighted by Crippen LogP contribution is 2.26. The number of phenolic OH excluding ortho intramolecular Hbond substituents is 1. The molecule has 0 spiro atoms. The van der Waals surface area contributed by atoms with Crippen molar-refractivity contribution in [2.24, 2.45) is 0 Å². The Balaban J connectivity index is 1.31. The molecular formula is C19H22N4O3S. The smallest absolute Gasteiger partial charge is 0.228 e. The monoisotopic (exact) mass is 386 g/mol. The van der Waals surface area contributed by atoms with Gasteiger partial charge in [0.25, 0.3) is 0 Å². The van der Waals surface area contributed by atoms with Crippen LogP contribution in [-0.2, 0) is 16.0 Å². The lowest BCUT2D eigenvalue weighted by Crippen LogP contribution is -2.49. The van der Waals surface area contributed by atoms with Crippen LogP contribution in [0.25, 0.3) is 0 Å². The number of amides is 2. The second kappa shape index (κ2) is 7.56. The highest BCUT2D eigenvalue weighted by molar-refractivity contribution is 7.14. The van der Waals surface area contributed by atoms with Crippen molar-refractivity contribution in [3.63, 3.8) is 0 Å². The zero-order valence-electron chi connectivity index (χ0n) is 15.0. The van der Waals surface area contributed by atoms with E-state index in [-0.39, 0.29) is 24.0 Å². The van der Waals surface area contributed by atoms with Gasteiger partial charge in [0.15, 0.2) is 5.13 Å². The van der Waals surface area contributed by atoms with Gasteiger partial charge in [0, 0.05) is 50.2 Å². The molecule has 3 heterocycles. The summed E-state index contributed by atoms with van der Waals surface area (Å²) in [5.41, 5.74) is 1.79. The molecule has 1 aromatic carbocycles. The molecule has 2 amide bonds. The molecule has 0 saturated carbocycles. The zero-order valence-corrected chi connectivity index (χ0v) is 15.8. The van der Waals surface area contributed by atoms with E-state index in [1.807, 2.05) is 22.4 Å². The van der Waals surface area contributed by atoms with Crippen molar-refractivity contribution < 1.29 is 14.7 Å². The van der Waals surface area contributed by atoms with Crippen LogP contribution in [0.3, 0.4) is 0 Å². The molecule has 4 rings (SSSR count). The van der Waals surface area contributed by atoms with E-state index in [0.29, 0.717) is 24.6 Å². The standard InChI is InChI=1S/C19H22N4O3S/c24-16-5-3-15(4-6-16)21-8-10-22(11-9-21)18(26)12-14-13-27-19(20-14)23-7-1-2-17(23)25/h3-6,13,24H,1-2,7-12H2. The lowest BCUT2D eigenvalue weighted by atomic mass is 10.2. The molecule has 0 aliphatic carbocycles. The molecule has 2 aliphatic heterocycles. The molecule has 2 saturated heterocycles. The number of piperazine rings is 1. The molecule has 0 bridgehead atoms. The second-order valence-corrected chi connectivity index (χ2v) is 7.67. The Kier molecular flexibility index (Phi) is 4.98. The second-order valence-electron chi connectivity index (χ2n) is 6.83. The molecule has 27 heavy (non-hydrogen) atoms. The molecular weight excluding hydrogens is 364 g/mol. The molecule has 2 fully saturated rings. The van der Waals surface area contributed by atoms with Crippen LogP contribution >= 0.6 is 11.3 Å². The summed E-state index contributed by atoms with van der Waals surface area (Å²) in [6.07, 6.45) is 1.73. The number of rotatable bonds is 4. The summed E-state index contributed by atoms with van der Waals surface area (Å²) in [7, 11) is 0. The van der Waals surface area contributed by atoms with Crippen LogP contribution in [-0.4, -0.2) is 59.5 Å². The van der Waals surface area contributed by atoms with Gasteiger partial charge in [-0.1, -0.05) is 0 Å². The third kappa shape index (κ3) is 3.90. The number of carbonyl (C=O) groups excluding carboxylic acids is 2. The van der Waals surface area contributed by atoms with E-state index in [2.05, 4.69) is 9.88 Å². The van der Waals surface area contributed by atoms with E-state index < -0.39 is 0 Å². The van der Waals surface area contributed by atoms with Gasteiger partial charge in [-0.3, -0.25) is 14.5 Å². The summed E-state index contributed by atoms with van der Waals surface area (Å²) in [6.45, 7) is 3.59. The van der Waals surface area contributed by atoms with Crippen molar-refractivity contribution >= 4 is 34.0 Å². The molecule has 142 valence electrons. The lowest BCUT2D eigenvalue weighted by molar-refractivity contribution is -0.130. The van der Waals surface area contributed by atoms with E-state index in [1.54, 1.807) is 17.0 Å². The number of aromatic nitrogens is 1. The lowest BCUT2D eigenvalue weighted by Gasteiger charge is -2.36. The number of thiazole rings is 1. The molecule has 1 aromatic heterocycles. The van der Waals surface area contributed by atoms with Crippen LogP contribution in [0.4, 0.5) is 10.8 Å². The van der Waals surface area contributed by atoms with Crippen molar-refractivity contribution in [1.82, 2.24) is 9.88 Å². The Morgan fingerprint density at radius 1 is 1.11 bits per heavy atom. The fraction of sp³-hybridized carbons (Fsp3) is 0.421. The quantitative estimate of drug-likeness (QED) is 0.868. The highest BCUT2D eigenvalue weighted by Gasteiger charge is 2.26. The van der Waals surface area contributed by atoms with E-state index >= 15 is 0 Å². The molecule has 7 nitrogen and oxygen atoms in total.